The van der Waals surface area contributed by atoms with Gasteiger partial charge in [-0.05, 0) is 11.6 Å². The Kier molecular flexibility index (Phi) is 3.14. The number of nitrogens with zero attached hydrogens (tertiary/aromatic N) is 2. The average molecular weight is 229 g/mol. The predicted octanol–water partition coefficient (Wildman–Crippen LogP) is 2.22. The first-order chi connectivity index (χ1) is 8.20. The van der Waals surface area contributed by atoms with Gasteiger partial charge in [-0.15, -0.1) is 5.10 Å². The minimum absolute atomic E-state index is 0.394. The van der Waals surface area contributed by atoms with Crippen molar-refractivity contribution in [2.75, 3.05) is 5.73 Å². The molecule has 0 atom stereocenters. The van der Waals surface area contributed by atoms with Crippen LogP contribution in [0.2, 0.25) is 0 Å². The molecule has 0 aliphatic carbocycles. The summed E-state index contributed by atoms with van der Waals surface area (Å²) in [5.41, 5.74) is 8.54. The van der Waals surface area contributed by atoms with E-state index in [-0.39, 0.29) is 0 Å². The topological polar surface area (TPSA) is 53.1 Å². The molecule has 0 unspecified atom stereocenters. The third-order valence-corrected chi connectivity index (χ3v) is 2.52. The zero-order chi connectivity index (χ0) is 12.3. The molecule has 2 rings (SSSR count). The normalized spacial score (nSPS) is 10.2. The van der Waals surface area contributed by atoms with Crippen LogP contribution in [0.3, 0.4) is 0 Å². The van der Waals surface area contributed by atoms with Gasteiger partial charge in [0.1, 0.15) is 6.61 Å². The van der Waals surface area contributed by atoms with Crippen LogP contribution in [-0.2, 0) is 13.7 Å². The van der Waals surface area contributed by atoms with Gasteiger partial charge in [0.25, 0.3) is 0 Å². The molecule has 2 aromatic rings. The zero-order valence-corrected chi connectivity index (χ0v) is 9.76. The van der Waals surface area contributed by atoms with E-state index in [9.17, 15) is 0 Å². The summed E-state index contributed by atoms with van der Waals surface area (Å²) in [6.45, 7) is 4.15. The van der Waals surface area contributed by atoms with Crippen LogP contribution in [0.25, 0.3) is 6.08 Å². The van der Waals surface area contributed by atoms with Crippen molar-refractivity contribution < 1.29 is 4.74 Å². The summed E-state index contributed by atoms with van der Waals surface area (Å²) in [7, 11) is 1.85. The predicted molar refractivity (Wildman–Crippen MR) is 68.5 cm³/mol. The first-order valence-electron chi connectivity index (χ1n) is 5.33. The molecule has 1 aromatic heterocycles. The second-order valence-corrected chi connectivity index (χ2v) is 3.74. The third-order valence-electron chi connectivity index (χ3n) is 2.52. The van der Waals surface area contributed by atoms with E-state index >= 15 is 0 Å². The minimum atomic E-state index is 0.394. The molecule has 0 fully saturated rings. The molecule has 4 nitrogen and oxygen atoms in total. The molecule has 17 heavy (non-hydrogen) atoms. The number of benzene rings is 1. The Morgan fingerprint density at radius 2 is 2.29 bits per heavy atom. The van der Waals surface area contributed by atoms with Gasteiger partial charge in [0.05, 0.1) is 0 Å². The lowest BCUT2D eigenvalue weighted by atomic mass is 10.1. The summed E-state index contributed by atoms with van der Waals surface area (Å²) in [6.07, 6.45) is 3.60. The highest BCUT2D eigenvalue weighted by Gasteiger charge is 2.05. The Morgan fingerprint density at radius 1 is 1.47 bits per heavy atom. The number of anilines is 1. The van der Waals surface area contributed by atoms with Gasteiger partial charge in [0, 0.05) is 30.6 Å². The van der Waals surface area contributed by atoms with E-state index in [0.717, 1.165) is 11.1 Å². The minimum Gasteiger partial charge on any atom is -0.472 e. The fourth-order valence-electron chi connectivity index (χ4n) is 1.60. The zero-order valence-electron chi connectivity index (χ0n) is 9.76. The van der Waals surface area contributed by atoms with Crippen LogP contribution in [0.5, 0.6) is 5.88 Å². The molecular weight excluding hydrogens is 214 g/mol. The van der Waals surface area contributed by atoms with E-state index in [1.807, 2.05) is 37.5 Å². The monoisotopic (exact) mass is 229 g/mol. The van der Waals surface area contributed by atoms with Crippen molar-refractivity contribution in [1.82, 2.24) is 9.78 Å². The Balaban J connectivity index is 2.16. The van der Waals surface area contributed by atoms with Gasteiger partial charge in [0.2, 0.25) is 5.88 Å². The van der Waals surface area contributed by atoms with E-state index in [1.54, 1.807) is 10.8 Å². The van der Waals surface area contributed by atoms with Crippen LogP contribution in [0, 0.1) is 0 Å². The maximum Gasteiger partial charge on any atom is 0.233 e. The molecule has 0 aliphatic rings. The number of nitrogens with two attached hydrogens (primary N) is 1. The van der Waals surface area contributed by atoms with Gasteiger partial charge in [-0.2, -0.15) is 0 Å². The second-order valence-electron chi connectivity index (χ2n) is 3.74. The summed E-state index contributed by atoms with van der Waals surface area (Å²) in [4.78, 5) is 0. The van der Waals surface area contributed by atoms with Gasteiger partial charge in [0.15, 0.2) is 0 Å². The SMILES string of the molecule is C=Cc1cccc(N)c1COc1ccn(C)n1. The van der Waals surface area contributed by atoms with Crippen LogP contribution < -0.4 is 10.5 Å². The summed E-state index contributed by atoms with van der Waals surface area (Å²) in [6, 6.07) is 7.52. The van der Waals surface area contributed by atoms with Crippen LogP contribution in [0.15, 0.2) is 37.0 Å². The number of rotatable bonds is 4. The van der Waals surface area contributed by atoms with Crippen molar-refractivity contribution in [1.29, 1.82) is 0 Å². The highest BCUT2D eigenvalue weighted by molar-refractivity contribution is 5.61. The molecule has 88 valence electrons. The second kappa shape index (κ2) is 4.74. The molecule has 0 saturated carbocycles. The number of hydrogen-bond donors (Lipinski definition) is 1. The van der Waals surface area contributed by atoms with Crippen molar-refractivity contribution in [3.63, 3.8) is 0 Å². The lowest BCUT2D eigenvalue weighted by Crippen LogP contribution is -2.03. The van der Waals surface area contributed by atoms with E-state index < -0.39 is 0 Å². The van der Waals surface area contributed by atoms with Crippen molar-refractivity contribution in [3.8, 4) is 5.88 Å². The van der Waals surface area contributed by atoms with Crippen molar-refractivity contribution in [2.24, 2.45) is 7.05 Å². The largest absolute Gasteiger partial charge is 0.472 e. The van der Waals surface area contributed by atoms with Crippen molar-refractivity contribution in [2.45, 2.75) is 6.61 Å². The number of aryl methyl sites for hydroxylation is 1. The molecule has 0 radical (unpaired) electrons. The first-order valence-corrected chi connectivity index (χ1v) is 5.33. The lowest BCUT2D eigenvalue weighted by Gasteiger charge is -2.09. The average Bonchev–Trinajstić information content (AvgIpc) is 2.73. The molecule has 0 aliphatic heterocycles. The summed E-state index contributed by atoms with van der Waals surface area (Å²) < 4.78 is 7.27. The van der Waals surface area contributed by atoms with Crippen LogP contribution in [-0.4, -0.2) is 9.78 Å². The maximum absolute atomic E-state index is 5.91. The number of hydrogen-bond acceptors (Lipinski definition) is 3. The maximum atomic E-state index is 5.91. The molecule has 0 spiro atoms. The van der Waals surface area contributed by atoms with E-state index in [1.165, 1.54) is 0 Å². The number of ether oxygens (including phenoxy) is 1. The van der Waals surface area contributed by atoms with Crippen molar-refractivity contribution >= 4 is 11.8 Å². The van der Waals surface area contributed by atoms with Crippen molar-refractivity contribution in [3.05, 3.63) is 48.2 Å². The van der Waals surface area contributed by atoms with Crippen LogP contribution in [0.1, 0.15) is 11.1 Å². The third kappa shape index (κ3) is 2.47. The van der Waals surface area contributed by atoms with Gasteiger partial charge in [-0.1, -0.05) is 24.8 Å². The first kappa shape index (κ1) is 11.3. The summed E-state index contributed by atoms with van der Waals surface area (Å²) >= 11 is 0. The highest BCUT2D eigenvalue weighted by atomic mass is 16.5. The van der Waals surface area contributed by atoms with Gasteiger partial charge >= 0.3 is 0 Å². The fourth-order valence-corrected chi connectivity index (χ4v) is 1.60. The molecule has 0 saturated heterocycles. The van der Waals surface area contributed by atoms with E-state index in [4.69, 9.17) is 10.5 Å². The van der Waals surface area contributed by atoms with Gasteiger partial charge in [-0.25, -0.2) is 0 Å². The number of aromatic nitrogens is 2. The Bertz CT molecular complexity index is 531. The molecule has 1 heterocycles. The molecule has 1 aromatic carbocycles. The molecule has 4 heteroatoms. The molecule has 0 bridgehead atoms. The summed E-state index contributed by atoms with van der Waals surface area (Å²) in [5, 5.41) is 4.14. The summed E-state index contributed by atoms with van der Waals surface area (Å²) in [5.74, 6) is 0.589. The Hall–Kier alpha value is -2.23. The number of nitrogen functional groups attached to an aromatic ring is 1. The lowest BCUT2D eigenvalue weighted by molar-refractivity contribution is 0.291. The van der Waals surface area contributed by atoms with E-state index in [2.05, 4.69) is 11.7 Å². The molecule has 2 N–H and O–H groups in total. The quantitative estimate of drug-likeness (QED) is 0.818. The van der Waals surface area contributed by atoms with Gasteiger partial charge < -0.3 is 10.5 Å². The van der Waals surface area contributed by atoms with E-state index in [0.29, 0.717) is 18.2 Å². The Morgan fingerprint density at radius 3 is 2.94 bits per heavy atom. The van der Waals surface area contributed by atoms with Crippen LogP contribution in [0.4, 0.5) is 5.69 Å². The molecule has 0 amide bonds. The van der Waals surface area contributed by atoms with Crippen LogP contribution >= 0.6 is 0 Å². The van der Waals surface area contributed by atoms with Gasteiger partial charge in [-0.3, -0.25) is 4.68 Å². The highest BCUT2D eigenvalue weighted by Crippen LogP contribution is 2.20. The molecular formula is C13H15N3O. The fraction of sp³-hybridized carbons (Fsp3) is 0.154. The smallest absolute Gasteiger partial charge is 0.233 e. The Labute approximate surface area is 100 Å². The standard InChI is InChI=1S/C13H15N3O/c1-3-10-5-4-6-12(14)11(10)9-17-13-7-8-16(2)15-13/h3-8H,1,9,14H2,2H3.